The first-order chi connectivity index (χ1) is 8.99. The minimum absolute atomic E-state index is 0.141. The van der Waals surface area contributed by atoms with E-state index in [9.17, 15) is 9.59 Å². The molecule has 0 aliphatic heterocycles. The van der Waals surface area contributed by atoms with E-state index < -0.39 is 11.9 Å². The van der Waals surface area contributed by atoms with E-state index in [-0.39, 0.29) is 18.5 Å². The molecule has 1 amide bonds. The fourth-order valence-corrected chi connectivity index (χ4v) is 2.13. The van der Waals surface area contributed by atoms with Crippen molar-refractivity contribution in [2.75, 3.05) is 6.54 Å². The molecule has 1 aromatic carbocycles. The SMILES string of the molecule is CC(CN(C(=O)c1cccc(Cl)c1)C1CC1)C(=O)O. The van der Waals surface area contributed by atoms with Crippen LogP contribution in [0.15, 0.2) is 24.3 Å². The molecule has 102 valence electrons. The second-order valence-electron chi connectivity index (χ2n) is 4.94. The van der Waals surface area contributed by atoms with Gasteiger partial charge in [0.25, 0.3) is 5.91 Å². The molecule has 1 aliphatic carbocycles. The summed E-state index contributed by atoms with van der Waals surface area (Å²) in [6.07, 6.45) is 1.89. The largest absolute Gasteiger partial charge is 0.481 e. The molecule has 2 rings (SSSR count). The molecule has 1 aliphatic rings. The van der Waals surface area contributed by atoms with Gasteiger partial charge in [-0.15, -0.1) is 0 Å². The summed E-state index contributed by atoms with van der Waals surface area (Å²) < 4.78 is 0. The van der Waals surface area contributed by atoms with E-state index in [2.05, 4.69) is 0 Å². The lowest BCUT2D eigenvalue weighted by Gasteiger charge is -2.24. The van der Waals surface area contributed by atoms with E-state index in [1.807, 2.05) is 0 Å². The highest BCUT2D eigenvalue weighted by molar-refractivity contribution is 6.30. The highest BCUT2D eigenvalue weighted by Gasteiger charge is 2.34. The third-order valence-electron chi connectivity index (χ3n) is 3.21. The minimum atomic E-state index is -0.885. The molecule has 1 aromatic rings. The Morgan fingerprint density at radius 2 is 2.16 bits per heavy atom. The maximum Gasteiger partial charge on any atom is 0.308 e. The number of halogens is 1. The molecule has 1 saturated carbocycles. The average Bonchev–Trinajstić information content (AvgIpc) is 3.19. The Kier molecular flexibility index (Phi) is 4.10. The lowest BCUT2D eigenvalue weighted by molar-refractivity contribution is -0.141. The van der Waals surface area contributed by atoms with Gasteiger partial charge in [-0.3, -0.25) is 9.59 Å². The first-order valence-electron chi connectivity index (χ1n) is 6.28. The Bertz CT molecular complexity index is 499. The summed E-state index contributed by atoms with van der Waals surface area (Å²) in [5.41, 5.74) is 0.511. The van der Waals surface area contributed by atoms with Crippen molar-refractivity contribution in [2.45, 2.75) is 25.8 Å². The number of carbonyl (C=O) groups excluding carboxylic acids is 1. The molecule has 0 heterocycles. The van der Waals surface area contributed by atoms with Gasteiger partial charge >= 0.3 is 5.97 Å². The first kappa shape index (κ1) is 13.9. The first-order valence-corrected chi connectivity index (χ1v) is 6.66. The number of aliphatic carboxylic acids is 1. The summed E-state index contributed by atoms with van der Waals surface area (Å²) in [5, 5.41) is 9.48. The quantitative estimate of drug-likeness (QED) is 0.903. The lowest BCUT2D eigenvalue weighted by atomic mass is 10.1. The average molecular weight is 282 g/mol. The number of carbonyl (C=O) groups is 2. The van der Waals surface area contributed by atoms with E-state index in [1.165, 1.54) is 0 Å². The van der Waals surface area contributed by atoms with Gasteiger partial charge in [-0.1, -0.05) is 24.6 Å². The van der Waals surface area contributed by atoms with Crippen molar-refractivity contribution in [1.29, 1.82) is 0 Å². The van der Waals surface area contributed by atoms with Crippen molar-refractivity contribution in [3.63, 3.8) is 0 Å². The number of nitrogens with zero attached hydrogens (tertiary/aromatic N) is 1. The Hall–Kier alpha value is -1.55. The fraction of sp³-hybridized carbons (Fsp3) is 0.429. The van der Waals surface area contributed by atoms with Gasteiger partial charge in [0, 0.05) is 23.2 Å². The smallest absolute Gasteiger partial charge is 0.308 e. The summed E-state index contributed by atoms with van der Waals surface area (Å²) in [6.45, 7) is 1.86. The van der Waals surface area contributed by atoms with Crippen molar-refractivity contribution in [1.82, 2.24) is 4.90 Å². The molecule has 1 unspecified atom stereocenters. The molecule has 4 nitrogen and oxygen atoms in total. The maximum atomic E-state index is 12.4. The molecule has 1 fully saturated rings. The Morgan fingerprint density at radius 3 is 2.68 bits per heavy atom. The third-order valence-corrected chi connectivity index (χ3v) is 3.45. The molecule has 0 aromatic heterocycles. The van der Waals surface area contributed by atoms with Gasteiger partial charge in [0.1, 0.15) is 0 Å². The van der Waals surface area contributed by atoms with Crippen molar-refractivity contribution in [2.24, 2.45) is 5.92 Å². The van der Waals surface area contributed by atoms with E-state index in [1.54, 1.807) is 36.1 Å². The molecule has 0 spiro atoms. The van der Waals surface area contributed by atoms with E-state index in [4.69, 9.17) is 16.7 Å². The van der Waals surface area contributed by atoms with E-state index in [0.29, 0.717) is 10.6 Å². The van der Waals surface area contributed by atoms with E-state index in [0.717, 1.165) is 12.8 Å². The molecular weight excluding hydrogens is 266 g/mol. The monoisotopic (exact) mass is 281 g/mol. The van der Waals surface area contributed by atoms with Crippen LogP contribution in [-0.2, 0) is 4.79 Å². The Labute approximate surface area is 117 Å². The van der Waals surface area contributed by atoms with Crippen LogP contribution in [0.25, 0.3) is 0 Å². The Morgan fingerprint density at radius 1 is 1.47 bits per heavy atom. The van der Waals surface area contributed by atoms with Gasteiger partial charge in [0.05, 0.1) is 5.92 Å². The number of hydrogen-bond acceptors (Lipinski definition) is 2. The molecule has 1 N–H and O–H groups in total. The van der Waals surface area contributed by atoms with Gasteiger partial charge in [-0.2, -0.15) is 0 Å². The van der Waals surface area contributed by atoms with Crippen LogP contribution in [0.3, 0.4) is 0 Å². The van der Waals surface area contributed by atoms with Crippen molar-refractivity contribution >= 4 is 23.5 Å². The van der Waals surface area contributed by atoms with Crippen LogP contribution in [0.5, 0.6) is 0 Å². The van der Waals surface area contributed by atoms with Gasteiger partial charge in [0.2, 0.25) is 0 Å². The summed E-state index contributed by atoms with van der Waals surface area (Å²) in [4.78, 5) is 25.0. The molecule has 1 atom stereocenters. The Balaban J connectivity index is 2.15. The lowest BCUT2D eigenvalue weighted by Crippen LogP contribution is -2.38. The van der Waals surface area contributed by atoms with Crippen LogP contribution >= 0.6 is 11.6 Å². The second kappa shape index (κ2) is 5.61. The summed E-state index contributed by atoms with van der Waals surface area (Å²) >= 11 is 5.88. The molecule has 5 heteroatoms. The molecule has 0 saturated heterocycles. The van der Waals surface area contributed by atoms with Crippen LogP contribution in [0.4, 0.5) is 0 Å². The van der Waals surface area contributed by atoms with E-state index >= 15 is 0 Å². The van der Waals surface area contributed by atoms with Crippen LogP contribution < -0.4 is 0 Å². The highest BCUT2D eigenvalue weighted by Crippen LogP contribution is 2.29. The fourth-order valence-electron chi connectivity index (χ4n) is 1.94. The van der Waals surface area contributed by atoms with Gasteiger partial charge in [-0.25, -0.2) is 0 Å². The number of carboxylic acid groups (broad SMARTS) is 1. The number of benzene rings is 1. The number of rotatable bonds is 5. The van der Waals surface area contributed by atoms with Gasteiger partial charge < -0.3 is 10.0 Å². The van der Waals surface area contributed by atoms with Crippen LogP contribution in [0, 0.1) is 5.92 Å². The number of amides is 1. The predicted octanol–water partition coefficient (Wildman–Crippen LogP) is 2.67. The van der Waals surface area contributed by atoms with Crippen molar-refractivity contribution in [3.05, 3.63) is 34.9 Å². The molecule has 19 heavy (non-hydrogen) atoms. The summed E-state index contributed by atoms with van der Waals surface area (Å²) in [5.74, 6) is -1.59. The van der Waals surface area contributed by atoms with Crippen LogP contribution in [0.2, 0.25) is 5.02 Å². The van der Waals surface area contributed by atoms with Crippen LogP contribution in [0.1, 0.15) is 30.1 Å². The third kappa shape index (κ3) is 3.47. The van der Waals surface area contributed by atoms with Gasteiger partial charge in [0.15, 0.2) is 0 Å². The normalized spacial score (nSPS) is 15.9. The predicted molar refractivity (Wildman–Crippen MR) is 72.3 cm³/mol. The molecule has 0 bridgehead atoms. The minimum Gasteiger partial charge on any atom is -0.481 e. The zero-order valence-electron chi connectivity index (χ0n) is 10.7. The van der Waals surface area contributed by atoms with Gasteiger partial charge in [-0.05, 0) is 31.0 Å². The molecular formula is C14H16ClNO3. The summed E-state index contributed by atoms with van der Waals surface area (Å²) in [7, 11) is 0. The topological polar surface area (TPSA) is 57.6 Å². The van der Waals surface area contributed by atoms with Crippen LogP contribution in [-0.4, -0.2) is 34.5 Å². The zero-order valence-corrected chi connectivity index (χ0v) is 11.4. The molecule has 0 radical (unpaired) electrons. The highest BCUT2D eigenvalue weighted by atomic mass is 35.5. The van der Waals surface area contributed by atoms with Crippen molar-refractivity contribution in [3.8, 4) is 0 Å². The standard InChI is InChI=1S/C14H16ClNO3/c1-9(14(18)19)8-16(12-5-6-12)13(17)10-3-2-4-11(15)7-10/h2-4,7,9,12H,5-6,8H2,1H3,(H,18,19). The van der Waals surface area contributed by atoms with Crippen molar-refractivity contribution < 1.29 is 14.7 Å². The maximum absolute atomic E-state index is 12.4. The number of hydrogen-bond donors (Lipinski definition) is 1. The summed E-state index contributed by atoms with van der Waals surface area (Å²) in [6, 6.07) is 6.93. The number of carboxylic acids is 1. The zero-order chi connectivity index (χ0) is 14.0. The second-order valence-corrected chi connectivity index (χ2v) is 5.37.